The van der Waals surface area contributed by atoms with Crippen molar-refractivity contribution < 1.29 is 18.0 Å². The summed E-state index contributed by atoms with van der Waals surface area (Å²) in [5.74, 6) is 0.587. The molecule has 10 heteroatoms. The predicted molar refractivity (Wildman–Crippen MR) is 122 cm³/mol. The summed E-state index contributed by atoms with van der Waals surface area (Å²) in [5.41, 5.74) is 2.54. The highest BCUT2D eigenvalue weighted by atomic mass is 19.4. The maximum Gasteiger partial charge on any atom is 0.433 e. The highest BCUT2D eigenvalue weighted by Gasteiger charge is 2.32. The zero-order valence-electron chi connectivity index (χ0n) is 18.2. The summed E-state index contributed by atoms with van der Waals surface area (Å²) in [7, 11) is 1.78. The first-order chi connectivity index (χ1) is 16.2. The zero-order valence-corrected chi connectivity index (χ0v) is 18.2. The van der Waals surface area contributed by atoms with Gasteiger partial charge in [-0.1, -0.05) is 6.07 Å². The van der Waals surface area contributed by atoms with E-state index < -0.39 is 17.8 Å². The largest absolute Gasteiger partial charge is 0.433 e. The quantitative estimate of drug-likeness (QED) is 0.421. The molecule has 0 spiro atoms. The lowest BCUT2D eigenvalue weighted by atomic mass is 10.1. The number of hydrogen-bond donors (Lipinski definition) is 2. The minimum absolute atomic E-state index is 0.00592. The summed E-state index contributed by atoms with van der Waals surface area (Å²) in [5, 5.41) is 5.67. The average molecular weight is 464 g/mol. The molecular weight excluding hydrogens is 445 g/mol. The Kier molecular flexibility index (Phi) is 6.22. The van der Waals surface area contributed by atoms with E-state index in [0.717, 1.165) is 29.5 Å². The molecule has 0 saturated carbocycles. The van der Waals surface area contributed by atoms with Gasteiger partial charge in [0.1, 0.15) is 11.5 Å². The van der Waals surface area contributed by atoms with Crippen molar-refractivity contribution in [3.8, 4) is 22.6 Å². The maximum absolute atomic E-state index is 12.7. The lowest BCUT2D eigenvalue weighted by Gasteiger charge is -2.11. The maximum atomic E-state index is 12.7. The fourth-order valence-electron chi connectivity index (χ4n) is 3.22. The molecule has 0 fully saturated rings. The summed E-state index contributed by atoms with van der Waals surface area (Å²) >= 11 is 0. The third-order valence-corrected chi connectivity index (χ3v) is 5.02. The molecule has 4 rings (SSSR count). The molecule has 34 heavy (non-hydrogen) atoms. The number of rotatable bonds is 5. The van der Waals surface area contributed by atoms with Crippen LogP contribution in [0.2, 0.25) is 0 Å². The van der Waals surface area contributed by atoms with Crippen LogP contribution in [-0.2, 0) is 6.18 Å². The number of halogens is 3. The molecule has 172 valence electrons. The van der Waals surface area contributed by atoms with E-state index in [-0.39, 0.29) is 5.56 Å². The smallest absolute Gasteiger partial charge is 0.373 e. The highest BCUT2D eigenvalue weighted by Crippen LogP contribution is 2.28. The number of hydrogen-bond acceptors (Lipinski definition) is 6. The number of carbonyl (C=O) groups is 1. The molecular formula is C24H19F3N6O. The topological polar surface area (TPSA) is 92.7 Å². The van der Waals surface area contributed by atoms with Gasteiger partial charge in [-0.3, -0.25) is 9.78 Å². The molecule has 0 saturated heterocycles. The highest BCUT2D eigenvalue weighted by molar-refractivity contribution is 6.04. The molecule has 7 nitrogen and oxygen atoms in total. The summed E-state index contributed by atoms with van der Waals surface area (Å²) in [6.45, 7) is 1.89. The van der Waals surface area contributed by atoms with Crippen molar-refractivity contribution in [2.45, 2.75) is 13.1 Å². The Balaban J connectivity index is 1.60. The fraction of sp³-hybridized carbons (Fsp3) is 0.125. The number of anilines is 2. The molecule has 0 aliphatic carbocycles. The van der Waals surface area contributed by atoms with E-state index >= 15 is 0 Å². The monoisotopic (exact) mass is 464 g/mol. The van der Waals surface area contributed by atoms with Gasteiger partial charge in [0, 0.05) is 42.5 Å². The molecule has 0 radical (unpaired) electrons. The van der Waals surface area contributed by atoms with Gasteiger partial charge in [-0.25, -0.2) is 15.0 Å². The molecule has 0 bridgehead atoms. The Labute approximate surface area is 193 Å². The van der Waals surface area contributed by atoms with Gasteiger partial charge in [-0.05, 0) is 55.0 Å². The van der Waals surface area contributed by atoms with Gasteiger partial charge in [0.15, 0.2) is 5.82 Å². The van der Waals surface area contributed by atoms with Crippen LogP contribution in [0.1, 0.15) is 21.6 Å². The third-order valence-electron chi connectivity index (χ3n) is 5.02. The molecule has 0 unspecified atom stereocenters. The number of nitrogens with zero attached hydrogens (tertiary/aromatic N) is 4. The second-order valence-electron chi connectivity index (χ2n) is 7.36. The SMILES string of the molecule is CNc1cc(-c2ccnc(-c3cc(NC(=O)c4ccc(C(F)(F)F)nc4)ccc3C)n2)ccn1. The van der Waals surface area contributed by atoms with E-state index in [0.29, 0.717) is 28.6 Å². The number of amides is 1. The van der Waals surface area contributed by atoms with Gasteiger partial charge in [0.25, 0.3) is 5.91 Å². The van der Waals surface area contributed by atoms with Crippen molar-refractivity contribution in [1.82, 2.24) is 19.9 Å². The normalized spacial score (nSPS) is 11.2. The van der Waals surface area contributed by atoms with E-state index in [1.54, 1.807) is 43.7 Å². The Hall–Kier alpha value is -4.34. The van der Waals surface area contributed by atoms with Crippen molar-refractivity contribution in [2.24, 2.45) is 0 Å². The van der Waals surface area contributed by atoms with Crippen LogP contribution in [0.25, 0.3) is 22.6 Å². The van der Waals surface area contributed by atoms with E-state index in [9.17, 15) is 18.0 Å². The first-order valence-corrected chi connectivity index (χ1v) is 10.2. The van der Waals surface area contributed by atoms with Crippen LogP contribution < -0.4 is 10.6 Å². The summed E-state index contributed by atoms with van der Waals surface area (Å²) in [6, 6.07) is 12.6. The van der Waals surface area contributed by atoms with Crippen LogP contribution in [0.4, 0.5) is 24.7 Å². The molecule has 1 amide bonds. The van der Waals surface area contributed by atoms with Gasteiger partial charge in [-0.2, -0.15) is 13.2 Å². The van der Waals surface area contributed by atoms with Gasteiger partial charge in [-0.15, -0.1) is 0 Å². The molecule has 0 aliphatic rings. The standard InChI is InChI=1S/C24H19F3N6O/c1-14-3-5-17(32-23(34)16-4-6-20(31-13-16)24(25,26)27)12-18(14)22-30-10-8-19(33-22)15-7-9-29-21(11-15)28-2/h3-13H,1-2H3,(H,28,29)(H,32,34). The lowest BCUT2D eigenvalue weighted by molar-refractivity contribution is -0.141. The number of aromatic nitrogens is 4. The first-order valence-electron chi connectivity index (χ1n) is 10.2. The Morgan fingerprint density at radius 2 is 1.74 bits per heavy atom. The van der Waals surface area contributed by atoms with Gasteiger partial charge >= 0.3 is 6.18 Å². The van der Waals surface area contributed by atoms with Crippen LogP contribution in [0.3, 0.4) is 0 Å². The molecule has 1 aromatic carbocycles. The van der Waals surface area contributed by atoms with Crippen LogP contribution >= 0.6 is 0 Å². The van der Waals surface area contributed by atoms with Crippen LogP contribution in [0.15, 0.2) is 67.1 Å². The van der Waals surface area contributed by atoms with Crippen molar-refractivity contribution in [3.63, 3.8) is 0 Å². The fourth-order valence-corrected chi connectivity index (χ4v) is 3.22. The Morgan fingerprint density at radius 3 is 2.44 bits per heavy atom. The zero-order chi connectivity index (χ0) is 24.3. The third kappa shape index (κ3) is 5.01. The lowest BCUT2D eigenvalue weighted by Crippen LogP contribution is -2.14. The number of alkyl halides is 3. The summed E-state index contributed by atoms with van der Waals surface area (Å²) in [4.78, 5) is 29.1. The second-order valence-corrected chi connectivity index (χ2v) is 7.36. The van der Waals surface area contributed by atoms with Crippen molar-refractivity contribution in [3.05, 3.63) is 83.9 Å². The van der Waals surface area contributed by atoms with Gasteiger partial charge < -0.3 is 10.6 Å². The molecule has 3 aromatic heterocycles. The van der Waals surface area contributed by atoms with Crippen molar-refractivity contribution in [2.75, 3.05) is 17.7 Å². The molecule has 0 atom stereocenters. The average Bonchev–Trinajstić information content (AvgIpc) is 2.85. The summed E-state index contributed by atoms with van der Waals surface area (Å²) < 4.78 is 38.1. The number of aryl methyl sites for hydroxylation is 1. The van der Waals surface area contributed by atoms with E-state index in [2.05, 4.69) is 30.6 Å². The molecule has 3 heterocycles. The minimum atomic E-state index is -4.57. The molecule has 4 aromatic rings. The number of carbonyl (C=O) groups excluding carboxylic acids is 1. The van der Waals surface area contributed by atoms with E-state index in [1.165, 1.54) is 0 Å². The number of pyridine rings is 2. The van der Waals surface area contributed by atoms with E-state index in [1.807, 2.05) is 19.1 Å². The van der Waals surface area contributed by atoms with Gasteiger partial charge in [0.2, 0.25) is 0 Å². The van der Waals surface area contributed by atoms with Crippen LogP contribution in [0.5, 0.6) is 0 Å². The van der Waals surface area contributed by atoms with Crippen molar-refractivity contribution >= 4 is 17.4 Å². The minimum Gasteiger partial charge on any atom is -0.373 e. The van der Waals surface area contributed by atoms with Crippen LogP contribution in [0, 0.1) is 6.92 Å². The van der Waals surface area contributed by atoms with Gasteiger partial charge in [0.05, 0.1) is 11.3 Å². The summed E-state index contributed by atoms with van der Waals surface area (Å²) in [6.07, 6.45) is -0.343. The van der Waals surface area contributed by atoms with Crippen molar-refractivity contribution in [1.29, 1.82) is 0 Å². The Bertz CT molecular complexity index is 1340. The first kappa shape index (κ1) is 22.8. The molecule has 2 N–H and O–H groups in total. The number of benzene rings is 1. The predicted octanol–water partition coefficient (Wildman–Crippen LogP) is 5.22. The molecule has 0 aliphatic heterocycles. The van der Waals surface area contributed by atoms with E-state index in [4.69, 9.17) is 0 Å². The van der Waals surface area contributed by atoms with Crippen LogP contribution in [-0.4, -0.2) is 32.9 Å². The second kappa shape index (κ2) is 9.26. The Morgan fingerprint density at radius 1 is 0.941 bits per heavy atom. The number of nitrogens with one attached hydrogen (secondary N) is 2.